The molecule has 0 aliphatic rings. The van der Waals surface area contributed by atoms with Crippen molar-refractivity contribution in [2.24, 2.45) is 0 Å². The second-order valence-corrected chi connectivity index (χ2v) is 2.94. The maximum atomic E-state index is 10.8. The lowest BCUT2D eigenvalue weighted by Crippen LogP contribution is -2.07. The predicted molar refractivity (Wildman–Crippen MR) is 54.3 cm³/mol. The smallest absolute Gasteiger partial charge is 0.335 e. The number of hydrogen-bond donors (Lipinski definition) is 2. The molecule has 0 aromatic heterocycles. The van der Waals surface area contributed by atoms with E-state index in [4.69, 9.17) is 9.84 Å². The first-order chi connectivity index (χ1) is 7.02. The van der Waals surface area contributed by atoms with Gasteiger partial charge >= 0.3 is 5.97 Å². The summed E-state index contributed by atoms with van der Waals surface area (Å²) < 4.78 is 4.91. The first kappa shape index (κ1) is 11.0. The minimum absolute atomic E-state index is 0.0677. The zero-order valence-electron chi connectivity index (χ0n) is 8.40. The number of rotatable bonds is 3. The summed E-state index contributed by atoms with van der Waals surface area (Å²) in [5.41, 5.74) is 0.470. The summed E-state index contributed by atoms with van der Waals surface area (Å²) in [6.45, 7) is 1.35. The minimum atomic E-state index is -1.07. The van der Waals surface area contributed by atoms with Gasteiger partial charge in [-0.2, -0.15) is 0 Å². The molecule has 80 valence electrons. The number of ether oxygens (including phenoxy) is 1. The largest absolute Gasteiger partial charge is 0.497 e. The van der Waals surface area contributed by atoms with Crippen LogP contribution in [-0.4, -0.2) is 24.1 Å². The summed E-state index contributed by atoms with van der Waals surface area (Å²) in [6.07, 6.45) is 0. The van der Waals surface area contributed by atoms with E-state index in [1.165, 1.54) is 26.2 Å². The van der Waals surface area contributed by atoms with Crippen molar-refractivity contribution in [2.45, 2.75) is 6.92 Å². The highest BCUT2D eigenvalue weighted by molar-refractivity contribution is 5.93. The maximum Gasteiger partial charge on any atom is 0.335 e. The van der Waals surface area contributed by atoms with Gasteiger partial charge in [-0.15, -0.1) is 0 Å². The van der Waals surface area contributed by atoms with Gasteiger partial charge < -0.3 is 15.2 Å². The molecule has 1 aromatic carbocycles. The van der Waals surface area contributed by atoms with Crippen LogP contribution in [0.3, 0.4) is 0 Å². The van der Waals surface area contributed by atoms with Gasteiger partial charge in [-0.1, -0.05) is 0 Å². The van der Waals surface area contributed by atoms with Crippen molar-refractivity contribution in [3.8, 4) is 5.75 Å². The molecule has 0 spiro atoms. The molecule has 0 aliphatic carbocycles. The molecule has 0 fully saturated rings. The Kier molecular flexibility index (Phi) is 3.28. The number of carboxylic acids is 1. The van der Waals surface area contributed by atoms with Gasteiger partial charge in [-0.25, -0.2) is 4.79 Å². The maximum absolute atomic E-state index is 10.8. The quantitative estimate of drug-likeness (QED) is 0.787. The highest BCUT2D eigenvalue weighted by atomic mass is 16.5. The number of methoxy groups -OCH3 is 1. The van der Waals surface area contributed by atoms with Crippen LogP contribution in [-0.2, 0) is 4.79 Å². The van der Waals surface area contributed by atoms with Gasteiger partial charge in [0.1, 0.15) is 5.75 Å². The molecule has 0 atom stereocenters. The highest BCUT2D eigenvalue weighted by Gasteiger charge is 2.07. The molecule has 0 bridgehead atoms. The van der Waals surface area contributed by atoms with Crippen molar-refractivity contribution in [2.75, 3.05) is 12.4 Å². The van der Waals surface area contributed by atoms with E-state index in [0.29, 0.717) is 11.4 Å². The second-order valence-electron chi connectivity index (χ2n) is 2.94. The molecule has 0 unspecified atom stereocenters. The van der Waals surface area contributed by atoms with E-state index in [9.17, 15) is 9.59 Å². The first-order valence-electron chi connectivity index (χ1n) is 4.23. The van der Waals surface area contributed by atoms with E-state index in [-0.39, 0.29) is 11.5 Å². The van der Waals surface area contributed by atoms with Crippen molar-refractivity contribution >= 4 is 17.6 Å². The minimum Gasteiger partial charge on any atom is -0.497 e. The first-order valence-corrected chi connectivity index (χ1v) is 4.23. The summed E-state index contributed by atoms with van der Waals surface area (Å²) in [5, 5.41) is 11.3. The van der Waals surface area contributed by atoms with Crippen LogP contribution in [0.15, 0.2) is 18.2 Å². The fourth-order valence-electron chi connectivity index (χ4n) is 1.12. The number of hydrogen-bond acceptors (Lipinski definition) is 3. The normalized spacial score (nSPS) is 9.47. The Balaban J connectivity index is 3.11. The molecule has 0 radical (unpaired) electrons. The Morgan fingerprint density at radius 1 is 1.33 bits per heavy atom. The number of aromatic carboxylic acids is 1. The van der Waals surface area contributed by atoms with Crippen molar-refractivity contribution in [1.29, 1.82) is 0 Å². The summed E-state index contributed by atoms with van der Waals surface area (Å²) in [7, 11) is 1.43. The third kappa shape index (κ3) is 2.98. The van der Waals surface area contributed by atoms with Crippen molar-refractivity contribution in [3.05, 3.63) is 23.8 Å². The van der Waals surface area contributed by atoms with Gasteiger partial charge in [0.2, 0.25) is 5.91 Å². The average molecular weight is 209 g/mol. The van der Waals surface area contributed by atoms with E-state index < -0.39 is 5.97 Å². The summed E-state index contributed by atoms with van der Waals surface area (Å²) >= 11 is 0. The second kappa shape index (κ2) is 4.45. The SMILES string of the molecule is COc1cc(NC(C)=O)cc(C(=O)O)c1. The lowest BCUT2D eigenvalue weighted by molar-refractivity contribution is -0.114. The topological polar surface area (TPSA) is 75.6 Å². The molecule has 1 amide bonds. The van der Waals surface area contributed by atoms with Crippen LogP contribution in [0.25, 0.3) is 0 Å². The Morgan fingerprint density at radius 3 is 2.47 bits per heavy atom. The Bertz CT molecular complexity index is 400. The van der Waals surface area contributed by atoms with Gasteiger partial charge in [0.05, 0.1) is 12.7 Å². The Morgan fingerprint density at radius 2 is 2.00 bits per heavy atom. The van der Waals surface area contributed by atoms with E-state index in [0.717, 1.165) is 0 Å². The van der Waals surface area contributed by atoms with Crippen LogP contribution < -0.4 is 10.1 Å². The van der Waals surface area contributed by atoms with Crippen LogP contribution in [0.4, 0.5) is 5.69 Å². The third-order valence-corrected chi connectivity index (χ3v) is 1.71. The van der Waals surface area contributed by atoms with Gasteiger partial charge in [0.15, 0.2) is 0 Å². The summed E-state index contributed by atoms with van der Waals surface area (Å²) in [5.74, 6) is -0.946. The molecule has 0 heterocycles. The monoisotopic (exact) mass is 209 g/mol. The third-order valence-electron chi connectivity index (χ3n) is 1.71. The molecule has 15 heavy (non-hydrogen) atoms. The molecule has 2 N–H and O–H groups in total. The number of amides is 1. The van der Waals surface area contributed by atoms with Crippen molar-refractivity contribution < 1.29 is 19.4 Å². The molecule has 1 aromatic rings. The van der Waals surface area contributed by atoms with Gasteiger partial charge in [-0.05, 0) is 12.1 Å². The van der Waals surface area contributed by atoms with Crippen molar-refractivity contribution in [1.82, 2.24) is 0 Å². The molecular weight excluding hydrogens is 198 g/mol. The fourth-order valence-corrected chi connectivity index (χ4v) is 1.12. The van der Waals surface area contributed by atoms with Gasteiger partial charge in [0, 0.05) is 18.7 Å². The number of carbonyl (C=O) groups excluding carboxylic acids is 1. The summed E-state index contributed by atoms with van der Waals surface area (Å²) in [4.78, 5) is 21.5. The fraction of sp³-hybridized carbons (Fsp3) is 0.200. The molecule has 1 rings (SSSR count). The molecule has 5 nitrogen and oxygen atoms in total. The standard InChI is InChI=1S/C10H11NO4/c1-6(12)11-8-3-7(10(13)14)4-9(5-8)15-2/h3-5H,1-2H3,(H,11,12)(H,13,14). The van der Waals surface area contributed by atoms with E-state index in [1.54, 1.807) is 6.07 Å². The van der Waals surface area contributed by atoms with Gasteiger partial charge in [0.25, 0.3) is 0 Å². The van der Waals surface area contributed by atoms with E-state index >= 15 is 0 Å². The van der Waals surface area contributed by atoms with Crippen molar-refractivity contribution in [3.63, 3.8) is 0 Å². The molecule has 0 saturated heterocycles. The average Bonchev–Trinajstić information content (AvgIpc) is 2.16. The number of carbonyl (C=O) groups is 2. The number of nitrogens with one attached hydrogen (secondary N) is 1. The number of anilines is 1. The predicted octanol–water partition coefficient (Wildman–Crippen LogP) is 1.35. The number of carboxylic acid groups (broad SMARTS) is 1. The van der Waals surface area contributed by atoms with Crippen LogP contribution in [0.1, 0.15) is 17.3 Å². The zero-order valence-corrected chi connectivity index (χ0v) is 8.40. The summed E-state index contributed by atoms with van der Waals surface area (Å²) in [6, 6.07) is 4.30. The van der Waals surface area contributed by atoms with Crippen LogP contribution in [0.5, 0.6) is 5.75 Å². The van der Waals surface area contributed by atoms with Crippen LogP contribution in [0.2, 0.25) is 0 Å². The van der Waals surface area contributed by atoms with Crippen LogP contribution >= 0.6 is 0 Å². The van der Waals surface area contributed by atoms with Crippen LogP contribution in [0, 0.1) is 0 Å². The van der Waals surface area contributed by atoms with E-state index in [2.05, 4.69) is 5.32 Å². The molecule has 0 aliphatic heterocycles. The molecular formula is C10H11NO4. The lowest BCUT2D eigenvalue weighted by atomic mass is 10.2. The Hall–Kier alpha value is -2.04. The zero-order chi connectivity index (χ0) is 11.4. The van der Waals surface area contributed by atoms with E-state index in [1.807, 2.05) is 0 Å². The lowest BCUT2D eigenvalue weighted by Gasteiger charge is -2.06. The number of benzene rings is 1. The van der Waals surface area contributed by atoms with Gasteiger partial charge in [-0.3, -0.25) is 4.79 Å². The molecule has 5 heteroatoms. The Labute approximate surface area is 86.7 Å². The highest BCUT2D eigenvalue weighted by Crippen LogP contribution is 2.20. The molecule has 0 saturated carbocycles.